The molecule has 1 rings (SSSR count). The molecular weight excluding hydrogens is 216 g/mol. The molecule has 0 radical (unpaired) electrons. The predicted molar refractivity (Wildman–Crippen MR) is 68.7 cm³/mol. The van der Waals surface area contributed by atoms with Gasteiger partial charge in [0.25, 0.3) is 0 Å². The summed E-state index contributed by atoms with van der Waals surface area (Å²) in [4.78, 5) is 0. The van der Waals surface area contributed by atoms with E-state index in [1.54, 1.807) is 6.08 Å². The van der Waals surface area contributed by atoms with Crippen LogP contribution in [0.4, 0.5) is 0 Å². The zero-order chi connectivity index (χ0) is 12.7. The molecule has 0 N–H and O–H groups in total. The lowest BCUT2D eigenvalue weighted by Crippen LogP contribution is -2.28. The Morgan fingerprint density at radius 2 is 2.24 bits per heavy atom. The van der Waals surface area contributed by atoms with Crippen molar-refractivity contribution in [2.24, 2.45) is 0 Å². The maximum absolute atomic E-state index is 5.68. The van der Waals surface area contributed by atoms with Crippen molar-refractivity contribution in [2.45, 2.75) is 51.4 Å². The fourth-order valence-corrected chi connectivity index (χ4v) is 1.84. The SMILES string of the molecule is C=CCOC(C)(C)CC(=C)OC1CCCCO1. The third-order valence-corrected chi connectivity index (χ3v) is 2.65. The van der Waals surface area contributed by atoms with Crippen LogP contribution >= 0.6 is 0 Å². The summed E-state index contributed by atoms with van der Waals surface area (Å²) in [6.07, 6.45) is 5.53. The first-order chi connectivity index (χ1) is 8.03. The Kier molecular flexibility index (Phi) is 5.72. The van der Waals surface area contributed by atoms with Crippen molar-refractivity contribution in [3.05, 3.63) is 25.0 Å². The third kappa shape index (κ3) is 5.89. The fourth-order valence-electron chi connectivity index (χ4n) is 1.84. The molecule has 0 bridgehead atoms. The second-order valence-corrected chi connectivity index (χ2v) is 4.99. The van der Waals surface area contributed by atoms with Gasteiger partial charge in [0, 0.05) is 12.8 Å². The molecule has 98 valence electrons. The quantitative estimate of drug-likeness (QED) is 0.504. The fraction of sp³-hybridized carbons (Fsp3) is 0.714. The molecule has 17 heavy (non-hydrogen) atoms. The highest BCUT2D eigenvalue weighted by Gasteiger charge is 2.22. The molecular formula is C14H24O3. The molecule has 0 spiro atoms. The van der Waals surface area contributed by atoms with Crippen LogP contribution in [0.1, 0.15) is 39.5 Å². The second-order valence-electron chi connectivity index (χ2n) is 4.99. The van der Waals surface area contributed by atoms with Crippen LogP contribution in [0.5, 0.6) is 0 Å². The van der Waals surface area contributed by atoms with Crippen molar-refractivity contribution in [1.29, 1.82) is 0 Å². The van der Waals surface area contributed by atoms with E-state index in [-0.39, 0.29) is 11.9 Å². The van der Waals surface area contributed by atoms with Gasteiger partial charge >= 0.3 is 0 Å². The van der Waals surface area contributed by atoms with Gasteiger partial charge in [0.15, 0.2) is 6.29 Å². The molecule has 0 amide bonds. The minimum Gasteiger partial charge on any atom is -0.470 e. The highest BCUT2D eigenvalue weighted by atomic mass is 16.7. The predicted octanol–water partition coefficient (Wildman–Crippen LogP) is 3.41. The molecule has 3 heteroatoms. The first-order valence-corrected chi connectivity index (χ1v) is 6.24. The topological polar surface area (TPSA) is 27.7 Å². The van der Waals surface area contributed by atoms with Crippen LogP contribution in [0.25, 0.3) is 0 Å². The van der Waals surface area contributed by atoms with Crippen molar-refractivity contribution < 1.29 is 14.2 Å². The van der Waals surface area contributed by atoms with Gasteiger partial charge in [0.05, 0.1) is 24.6 Å². The standard InChI is InChI=1S/C14H24O3/c1-5-9-16-14(3,4)11-12(2)17-13-8-6-7-10-15-13/h5,13H,1-2,6-11H2,3-4H3. The minimum absolute atomic E-state index is 0.119. The van der Waals surface area contributed by atoms with Crippen LogP contribution in [-0.2, 0) is 14.2 Å². The average Bonchev–Trinajstić information content (AvgIpc) is 2.27. The normalized spacial score (nSPS) is 20.9. The second kappa shape index (κ2) is 6.82. The summed E-state index contributed by atoms with van der Waals surface area (Å²) in [5, 5.41) is 0. The highest BCUT2D eigenvalue weighted by molar-refractivity contribution is 4.91. The Morgan fingerprint density at radius 3 is 2.82 bits per heavy atom. The molecule has 1 aliphatic rings. The van der Waals surface area contributed by atoms with Crippen molar-refractivity contribution in [2.75, 3.05) is 13.2 Å². The number of ether oxygens (including phenoxy) is 3. The summed E-state index contributed by atoms with van der Waals surface area (Å²) in [6.45, 7) is 12.9. The average molecular weight is 240 g/mol. The molecule has 0 aromatic rings. The van der Waals surface area contributed by atoms with E-state index in [2.05, 4.69) is 13.2 Å². The van der Waals surface area contributed by atoms with Gasteiger partial charge in [-0.3, -0.25) is 0 Å². The molecule has 0 aliphatic carbocycles. The summed E-state index contributed by atoms with van der Waals surface area (Å²) in [5.41, 5.74) is -0.278. The molecule has 1 saturated heterocycles. The Morgan fingerprint density at radius 1 is 1.47 bits per heavy atom. The number of hydrogen-bond acceptors (Lipinski definition) is 3. The molecule has 1 heterocycles. The van der Waals surface area contributed by atoms with Gasteiger partial charge in [0.1, 0.15) is 0 Å². The Hall–Kier alpha value is -0.800. The van der Waals surface area contributed by atoms with Crippen LogP contribution in [-0.4, -0.2) is 25.1 Å². The molecule has 0 aromatic heterocycles. The first-order valence-electron chi connectivity index (χ1n) is 6.24. The van der Waals surface area contributed by atoms with Gasteiger partial charge in [-0.15, -0.1) is 6.58 Å². The van der Waals surface area contributed by atoms with Gasteiger partial charge < -0.3 is 14.2 Å². The van der Waals surface area contributed by atoms with Gasteiger partial charge in [-0.1, -0.05) is 12.7 Å². The van der Waals surface area contributed by atoms with Gasteiger partial charge in [-0.2, -0.15) is 0 Å². The highest BCUT2D eigenvalue weighted by Crippen LogP contribution is 2.23. The number of hydrogen-bond donors (Lipinski definition) is 0. The van der Waals surface area contributed by atoms with E-state index in [4.69, 9.17) is 14.2 Å². The Balaban J connectivity index is 2.29. The van der Waals surface area contributed by atoms with Crippen LogP contribution in [0, 0.1) is 0 Å². The van der Waals surface area contributed by atoms with Crippen molar-refractivity contribution >= 4 is 0 Å². The van der Waals surface area contributed by atoms with E-state index in [1.807, 2.05) is 13.8 Å². The van der Waals surface area contributed by atoms with E-state index in [9.17, 15) is 0 Å². The van der Waals surface area contributed by atoms with Gasteiger partial charge in [0.2, 0.25) is 0 Å². The lowest BCUT2D eigenvalue weighted by atomic mass is 10.0. The van der Waals surface area contributed by atoms with Gasteiger partial charge in [-0.05, 0) is 26.7 Å². The minimum atomic E-state index is -0.278. The summed E-state index contributed by atoms with van der Waals surface area (Å²) in [5.74, 6) is 0.728. The molecule has 1 aliphatic heterocycles. The van der Waals surface area contributed by atoms with Crippen LogP contribution < -0.4 is 0 Å². The zero-order valence-electron chi connectivity index (χ0n) is 11.0. The maximum Gasteiger partial charge on any atom is 0.199 e. The summed E-state index contributed by atoms with van der Waals surface area (Å²) >= 11 is 0. The van der Waals surface area contributed by atoms with E-state index < -0.39 is 0 Å². The first kappa shape index (κ1) is 14.3. The van der Waals surface area contributed by atoms with E-state index in [1.165, 1.54) is 0 Å². The molecule has 1 atom stereocenters. The smallest absolute Gasteiger partial charge is 0.199 e. The maximum atomic E-state index is 5.68. The molecule has 0 saturated carbocycles. The largest absolute Gasteiger partial charge is 0.470 e. The molecule has 1 unspecified atom stereocenters. The van der Waals surface area contributed by atoms with E-state index >= 15 is 0 Å². The monoisotopic (exact) mass is 240 g/mol. The van der Waals surface area contributed by atoms with Gasteiger partial charge in [-0.25, -0.2) is 0 Å². The van der Waals surface area contributed by atoms with E-state index in [0.29, 0.717) is 13.0 Å². The van der Waals surface area contributed by atoms with Crippen LogP contribution in [0.2, 0.25) is 0 Å². The molecule has 3 nitrogen and oxygen atoms in total. The lowest BCUT2D eigenvalue weighted by molar-refractivity contribution is -0.145. The zero-order valence-corrected chi connectivity index (χ0v) is 11.0. The van der Waals surface area contributed by atoms with Crippen LogP contribution in [0.3, 0.4) is 0 Å². The van der Waals surface area contributed by atoms with E-state index in [0.717, 1.165) is 31.6 Å². The summed E-state index contributed by atoms with van der Waals surface area (Å²) in [7, 11) is 0. The number of rotatable bonds is 7. The Labute approximate surface area is 104 Å². The third-order valence-electron chi connectivity index (χ3n) is 2.65. The van der Waals surface area contributed by atoms with Crippen molar-refractivity contribution in [3.8, 4) is 0 Å². The summed E-state index contributed by atoms with van der Waals surface area (Å²) < 4.78 is 16.8. The summed E-state index contributed by atoms with van der Waals surface area (Å²) in [6, 6.07) is 0. The Bertz CT molecular complexity index is 252. The van der Waals surface area contributed by atoms with Crippen molar-refractivity contribution in [1.82, 2.24) is 0 Å². The molecule has 0 aromatic carbocycles. The molecule has 1 fully saturated rings. The van der Waals surface area contributed by atoms with Crippen LogP contribution in [0.15, 0.2) is 25.0 Å². The van der Waals surface area contributed by atoms with Crippen molar-refractivity contribution in [3.63, 3.8) is 0 Å². The lowest BCUT2D eigenvalue weighted by Gasteiger charge is -2.29.